The topological polar surface area (TPSA) is 52.6 Å². The van der Waals surface area contributed by atoms with Crippen molar-refractivity contribution in [3.05, 3.63) is 109 Å². The predicted molar refractivity (Wildman–Crippen MR) is 176 cm³/mol. The molecule has 0 bridgehead atoms. The van der Waals surface area contributed by atoms with E-state index >= 15 is 0 Å². The second kappa shape index (κ2) is 7.49. The molecule has 2 unspecified atom stereocenters. The van der Waals surface area contributed by atoms with Gasteiger partial charge in [0.25, 0.3) is 0 Å². The summed E-state index contributed by atoms with van der Waals surface area (Å²) in [6.07, 6.45) is 0. The molecule has 0 aliphatic carbocycles. The molecular weight excluding hydrogens is 558 g/mol. The number of rotatable bonds is 0. The van der Waals surface area contributed by atoms with Gasteiger partial charge in [-0.2, -0.15) is 0 Å². The molecule has 0 radical (unpaired) electrons. The molecule has 0 spiro atoms. The molecule has 4 nitrogen and oxygen atoms in total. The summed E-state index contributed by atoms with van der Waals surface area (Å²) in [6, 6.07) is 38.3. The van der Waals surface area contributed by atoms with Gasteiger partial charge in [0.1, 0.15) is 33.5 Å². The highest BCUT2D eigenvalue weighted by atomic mass is 31.1. The zero-order chi connectivity index (χ0) is 27.1. The zero-order valence-electron chi connectivity index (χ0n) is 21.9. The molecule has 7 aromatic carbocycles. The van der Waals surface area contributed by atoms with E-state index in [0.717, 1.165) is 60.3 Å². The number of benzene rings is 6. The second-order valence-corrected chi connectivity index (χ2v) is 15.1. The molecule has 0 saturated carbocycles. The third-order valence-electron chi connectivity index (χ3n) is 8.70. The van der Waals surface area contributed by atoms with Crippen molar-refractivity contribution in [1.82, 2.24) is 0 Å². The Morgan fingerprint density at radius 2 is 0.786 bits per heavy atom. The summed E-state index contributed by atoms with van der Waals surface area (Å²) >= 11 is 0. The highest BCUT2D eigenvalue weighted by Gasteiger charge is 2.23. The van der Waals surface area contributed by atoms with Gasteiger partial charge in [-0.25, -0.2) is 0 Å². The number of para-hydroxylation sites is 2. The van der Waals surface area contributed by atoms with Gasteiger partial charge >= 0.3 is 0 Å². The standard InChI is InChI=1S/C36H18O4P2/c1-3-13-27-21(7-1)37-23-9-5-11-25-35(23)41(27)29-17-19-15-16-20-18-30-34(32(31(19)20)33(29)39-25)40-26-12-6-10-24-36(26)42(30)28-14-4-2-8-22(28)38-24/h1-18H. The third-order valence-corrected chi connectivity index (χ3v) is 13.8. The van der Waals surface area contributed by atoms with Crippen LogP contribution >= 0.6 is 14.7 Å². The maximum absolute atomic E-state index is 6.93. The summed E-state index contributed by atoms with van der Waals surface area (Å²) in [6.45, 7) is 0. The Morgan fingerprint density at radius 1 is 0.357 bits per heavy atom. The fourth-order valence-electron chi connectivity index (χ4n) is 7.02. The lowest BCUT2D eigenvalue weighted by atomic mass is 10.1. The quantitative estimate of drug-likeness (QED) is 0.133. The Hall–Kier alpha value is -4.88. The van der Waals surface area contributed by atoms with Gasteiger partial charge in [0.2, 0.25) is 0 Å². The molecule has 0 saturated heterocycles. The minimum absolute atomic E-state index is 0.863. The maximum Gasteiger partial charge on any atom is 0.150 e. The van der Waals surface area contributed by atoms with Gasteiger partial charge < -0.3 is 17.7 Å². The van der Waals surface area contributed by atoms with Gasteiger partial charge in [-0.15, -0.1) is 0 Å². The van der Waals surface area contributed by atoms with Crippen LogP contribution in [0.25, 0.3) is 96.9 Å². The number of fused-ring (bicyclic) bond motifs is 10. The summed E-state index contributed by atoms with van der Waals surface area (Å²) in [4.78, 5) is 0. The Labute approximate surface area is 238 Å². The Balaban J connectivity index is 1.50. The van der Waals surface area contributed by atoms with Crippen LogP contribution in [0.4, 0.5) is 0 Å². The lowest BCUT2D eigenvalue weighted by Gasteiger charge is -2.16. The predicted octanol–water partition coefficient (Wildman–Crippen LogP) is 12.7. The third kappa shape index (κ3) is 2.57. The van der Waals surface area contributed by atoms with Crippen molar-refractivity contribution in [2.24, 2.45) is 0 Å². The SMILES string of the molecule is c1ccc2c(c1)oc1cccc3oc4c5c6oc7cccc8oc9ccccc9p(c6cc6ccc(cc4p2c13)c65)c87. The smallest absolute Gasteiger partial charge is 0.150 e. The van der Waals surface area contributed by atoms with Crippen molar-refractivity contribution >= 4 is 112 Å². The minimum Gasteiger partial charge on any atom is -0.455 e. The lowest BCUT2D eigenvalue weighted by molar-refractivity contribution is 0.648. The zero-order valence-corrected chi connectivity index (χ0v) is 23.7. The van der Waals surface area contributed by atoms with Gasteiger partial charge in [0.05, 0.1) is 15.6 Å². The number of hydrogen-bond acceptors (Lipinski definition) is 4. The van der Waals surface area contributed by atoms with E-state index < -0.39 is 14.7 Å². The van der Waals surface area contributed by atoms with Gasteiger partial charge in [-0.1, -0.05) is 63.2 Å². The first-order valence-corrected chi connectivity index (χ1v) is 16.6. The largest absolute Gasteiger partial charge is 0.455 e. The highest BCUT2D eigenvalue weighted by Crippen LogP contribution is 2.56. The summed E-state index contributed by atoms with van der Waals surface area (Å²) < 4.78 is 26.6. The first-order valence-electron chi connectivity index (χ1n) is 13.9. The van der Waals surface area contributed by atoms with Gasteiger partial charge in [-0.05, 0) is 71.4 Å². The first-order chi connectivity index (χ1) is 20.8. The minimum atomic E-state index is -0.894. The second-order valence-electron chi connectivity index (χ2n) is 10.9. The van der Waals surface area contributed by atoms with E-state index in [2.05, 4.69) is 84.9 Å². The molecule has 0 N–H and O–H groups in total. The fraction of sp³-hybridized carbons (Fsp3) is 0. The van der Waals surface area contributed by atoms with Crippen molar-refractivity contribution in [2.45, 2.75) is 0 Å². The van der Waals surface area contributed by atoms with Crippen molar-refractivity contribution < 1.29 is 17.7 Å². The molecule has 0 amide bonds. The summed E-state index contributed by atoms with van der Waals surface area (Å²) in [7, 11) is -1.79. The van der Waals surface area contributed by atoms with Crippen molar-refractivity contribution in [2.75, 3.05) is 0 Å². The normalized spacial score (nSPS) is 13.6. The van der Waals surface area contributed by atoms with Crippen LogP contribution in [0.1, 0.15) is 0 Å². The summed E-state index contributed by atoms with van der Waals surface area (Å²) in [5, 5.41) is 11.8. The molecule has 2 atom stereocenters. The van der Waals surface area contributed by atoms with Gasteiger partial charge in [0.15, 0.2) is 11.2 Å². The van der Waals surface area contributed by atoms with E-state index in [1.165, 1.54) is 36.6 Å². The van der Waals surface area contributed by atoms with E-state index in [1.54, 1.807) is 0 Å². The lowest BCUT2D eigenvalue weighted by Crippen LogP contribution is -1.85. The molecule has 0 aliphatic heterocycles. The molecule has 11 rings (SSSR count). The van der Waals surface area contributed by atoms with E-state index in [1.807, 2.05) is 24.3 Å². The molecule has 4 aromatic heterocycles. The first kappa shape index (κ1) is 21.8. The monoisotopic (exact) mass is 576 g/mol. The van der Waals surface area contributed by atoms with Crippen LogP contribution in [0.2, 0.25) is 0 Å². The van der Waals surface area contributed by atoms with Crippen molar-refractivity contribution in [1.29, 1.82) is 0 Å². The summed E-state index contributed by atoms with van der Waals surface area (Å²) in [5.41, 5.74) is 7.13. The van der Waals surface area contributed by atoms with Crippen LogP contribution in [0.5, 0.6) is 0 Å². The Morgan fingerprint density at radius 3 is 1.29 bits per heavy atom. The molecule has 4 heterocycles. The van der Waals surface area contributed by atoms with Crippen molar-refractivity contribution in [3.8, 4) is 0 Å². The maximum atomic E-state index is 6.93. The van der Waals surface area contributed by atoms with Crippen LogP contribution in [-0.2, 0) is 0 Å². The average molecular weight is 576 g/mol. The van der Waals surface area contributed by atoms with E-state index in [9.17, 15) is 0 Å². The molecular formula is C36H18O4P2. The molecule has 6 heteroatoms. The van der Waals surface area contributed by atoms with Crippen LogP contribution < -0.4 is 0 Å². The fourth-order valence-corrected chi connectivity index (χ4v) is 12.3. The molecule has 196 valence electrons. The highest BCUT2D eigenvalue weighted by molar-refractivity contribution is 7.63. The van der Waals surface area contributed by atoms with E-state index in [4.69, 9.17) is 17.7 Å². The van der Waals surface area contributed by atoms with E-state index in [-0.39, 0.29) is 0 Å². The van der Waals surface area contributed by atoms with Crippen LogP contribution in [0.15, 0.2) is 127 Å². The van der Waals surface area contributed by atoms with Gasteiger partial charge in [-0.3, -0.25) is 0 Å². The van der Waals surface area contributed by atoms with Crippen LogP contribution in [-0.4, -0.2) is 0 Å². The Bertz CT molecular complexity index is 2770. The van der Waals surface area contributed by atoms with Gasteiger partial charge in [0, 0.05) is 25.9 Å². The van der Waals surface area contributed by atoms with Crippen LogP contribution in [0.3, 0.4) is 0 Å². The average Bonchev–Trinajstić information content (AvgIpc) is 3.44. The van der Waals surface area contributed by atoms with E-state index in [0.29, 0.717) is 0 Å². The molecule has 42 heavy (non-hydrogen) atoms. The Kier molecular flexibility index (Phi) is 3.89. The molecule has 0 aliphatic rings. The summed E-state index contributed by atoms with van der Waals surface area (Å²) in [5.74, 6) is 0. The molecule has 0 fully saturated rings. The number of hydrogen-bond donors (Lipinski definition) is 0. The van der Waals surface area contributed by atoms with Crippen molar-refractivity contribution in [3.63, 3.8) is 0 Å². The molecule has 11 aromatic rings. The van der Waals surface area contributed by atoms with Crippen LogP contribution in [0, 0.1) is 0 Å².